The first-order valence-corrected chi connectivity index (χ1v) is 29.0. The number of carboxylic acids is 3. The first-order valence-electron chi connectivity index (χ1n) is 21.3. The van der Waals surface area contributed by atoms with E-state index in [-0.39, 0.29) is 94.8 Å². The molecule has 0 saturated carbocycles. The Morgan fingerprint density at radius 2 is 0.705 bits per heavy atom. The van der Waals surface area contributed by atoms with Gasteiger partial charge in [-0.3, -0.25) is 9.59 Å². The molecule has 29 heteroatoms. The molecule has 0 bridgehead atoms. The fourth-order valence-corrected chi connectivity index (χ4v) is 16.5. The van der Waals surface area contributed by atoms with E-state index in [0.717, 1.165) is 64.3 Å². The second-order valence-electron chi connectivity index (χ2n) is 14.4. The first-order chi connectivity index (χ1) is 35.7. The summed E-state index contributed by atoms with van der Waals surface area (Å²) >= 11 is 20.2. The molecule has 0 saturated heterocycles. The number of hydrogen-bond donors (Lipinski definition) is 4. The monoisotopic (exact) mass is 1400 g/mol. The van der Waals surface area contributed by atoms with Crippen LogP contribution in [0.25, 0.3) is 60.5 Å². The summed E-state index contributed by atoms with van der Waals surface area (Å²) in [4.78, 5) is 104. The zero-order valence-corrected chi connectivity index (χ0v) is 53.0. The Kier molecular flexibility index (Phi) is 26.0. The summed E-state index contributed by atoms with van der Waals surface area (Å²) in [6.07, 6.45) is 1.30. The fraction of sp³-hybridized carbons (Fsp3) is 0.204. The number of carboxylic acid groups (broad SMARTS) is 3. The third-order valence-corrected chi connectivity index (χ3v) is 19.4. The van der Waals surface area contributed by atoms with Gasteiger partial charge in [0.05, 0.1) is 42.5 Å². The molecule has 0 aliphatic heterocycles. The average molecular weight is 1400 g/mol. The molecular weight excluding hydrogens is 1360 g/mol. The summed E-state index contributed by atoms with van der Waals surface area (Å²) in [6.45, 7) is 8.28. The molecule has 9 rings (SSSR count). The van der Waals surface area contributed by atoms with Crippen LogP contribution in [-0.4, -0.2) is 108 Å². The second-order valence-corrected chi connectivity index (χ2v) is 23.5. The zero-order chi connectivity index (χ0) is 55.2. The summed E-state index contributed by atoms with van der Waals surface area (Å²) in [5.41, 5.74) is 0.689. The molecule has 0 aliphatic carbocycles. The van der Waals surface area contributed by atoms with Crippen molar-refractivity contribution in [2.24, 2.45) is 0 Å². The van der Waals surface area contributed by atoms with E-state index < -0.39 is 23.2 Å². The van der Waals surface area contributed by atoms with Gasteiger partial charge in [0, 0.05) is 76.1 Å². The topological polar surface area (TPSA) is 290 Å². The number of thiol groups is 1. The Balaban J connectivity index is 0.000000299. The van der Waals surface area contributed by atoms with Crippen LogP contribution in [0, 0.1) is 0 Å². The van der Waals surface area contributed by atoms with Gasteiger partial charge in [-0.15, -0.1) is 68.0 Å². The van der Waals surface area contributed by atoms with Gasteiger partial charge in [0.15, 0.2) is 12.6 Å². The third-order valence-electron chi connectivity index (χ3n) is 9.97. The molecule has 78 heavy (non-hydrogen) atoms. The normalized spacial score (nSPS) is 10.4. The largest absolute Gasteiger partial charge is 1.00 e. The van der Waals surface area contributed by atoms with Crippen LogP contribution in [0.5, 0.6) is 5.75 Å². The molecule has 0 fully saturated rings. The van der Waals surface area contributed by atoms with Crippen molar-refractivity contribution in [2.45, 2.75) is 35.1 Å². The van der Waals surface area contributed by atoms with E-state index in [4.69, 9.17) is 18.9 Å². The van der Waals surface area contributed by atoms with Gasteiger partial charge in [-0.1, -0.05) is 20.1 Å². The van der Waals surface area contributed by atoms with Gasteiger partial charge in [-0.05, 0) is 112 Å². The van der Waals surface area contributed by atoms with Gasteiger partial charge in [-0.2, -0.15) is 0 Å². The van der Waals surface area contributed by atoms with Crippen LogP contribution in [0.3, 0.4) is 0 Å². The van der Waals surface area contributed by atoms with Crippen LogP contribution in [0.15, 0.2) is 49.8 Å². The Bertz CT molecular complexity index is 3250. The third kappa shape index (κ3) is 14.4. The summed E-state index contributed by atoms with van der Waals surface area (Å²) < 4.78 is 30.9. The van der Waals surface area contributed by atoms with Gasteiger partial charge in [0.25, 0.3) is 0 Å². The van der Waals surface area contributed by atoms with E-state index in [1.807, 2.05) is 0 Å². The maximum absolute atomic E-state index is 12.3. The first kappa shape index (κ1) is 67.9. The number of fused-ring (bicyclic) bond motifs is 12. The van der Waals surface area contributed by atoms with Crippen LogP contribution in [0.4, 0.5) is 4.79 Å². The van der Waals surface area contributed by atoms with E-state index >= 15 is 0 Å². The molecular formula is C49H40Br3NaO18S7. The number of halogens is 3. The number of methoxy groups -OCH3 is 1. The van der Waals surface area contributed by atoms with Crippen molar-refractivity contribution >= 4 is 243 Å². The van der Waals surface area contributed by atoms with E-state index in [0.29, 0.717) is 94.4 Å². The minimum Gasteiger partial charge on any atom is -0.870 e. The maximum Gasteiger partial charge on any atom is 1.00 e. The van der Waals surface area contributed by atoms with Crippen LogP contribution in [-0.2, 0) is 18.9 Å². The number of thiophene rings is 6. The van der Waals surface area contributed by atoms with Gasteiger partial charge in [0.1, 0.15) is 35.0 Å². The van der Waals surface area contributed by atoms with Crippen molar-refractivity contribution in [1.29, 1.82) is 0 Å². The number of aromatic carboxylic acids is 3. The minimum atomic E-state index is -1.07. The molecule has 0 radical (unpaired) electrons. The van der Waals surface area contributed by atoms with Crippen molar-refractivity contribution < 1.29 is 117 Å². The number of ether oxygens (including phenoxy) is 5. The number of aldehydes is 2. The van der Waals surface area contributed by atoms with E-state index in [9.17, 15) is 58.5 Å². The molecule has 408 valence electrons. The van der Waals surface area contributed by atoms with Crippen LogP contribution >= 0.6 is 128 Å². The summed E-state index contributed by atoms with van der Waals surface area (Å²) in [6, 6.07) is 9.95. The molecule has 0 amide bonds. The van der Waals surface area contributed by atoms with Crippen LogP contribution in [0.2, 0.25) is 0 Å². The second kappa shape index (κ2) is 29.9. The SMILES string of the molecule is C.CCOC(=O)S.CCOC(=O)c1cc2c(s1)c1cc(C(=O)OCC)sc1c1cc(C(=O)OCC)sc21.COc1c(Br)c(C=O)c(Br)c(C=O)c1Br.O=C(O)c1cc2c(s1)c1cc(C(=O)O)sc1c1cc(C(=O)O)sc21.[Na+].[OH-]. The van der Waals surface area contributed by atoms with E-state index in [2.05, 4.69) is 65.2 Å². The molecule has 18 nitrogen and oxygen atoms in total. The van der Waals surface area contributed by atoms with E-state index in [1.54, 1.807) is 45.9 Å². The minimum absolute atomic E-state index is 0. The predicted octanol–water partition coefficient (Wildman–Crippen LogP) is 12.4. The number of carbonyl (C=O) groups is 9. The van der Waals surface area contributed by atoms with Gasteiger partial charge in [0.2, 0.25) is 0 Å². The predicted molar refractivity (Wildman–Crippen MR) is 315 cm³/mol. The van der Waals surface area contributed by atoms with Gasteiger partial charge in [-0.25, -0.2) is 33.6 Å². The number of benzene rings is 3. The van der Waals surface area contributed by atoms with Crippen molar-refractivity contribution in [1.82, 2.24) is 0 Å². The molecule has 0 spiro atoms. The fourth-order valence-electron chi connectivity index (χ4n) is 6.97. The van der Waals surface area contributed by atoms with Crippen molar-refractivity contribution in [3.63, 3.8) is 0 Å². The average Bonchev–Trinajstić information content (AvgIpc) is 4.21. The Hall–Kier alpha value is -4.40. The molecule has 6 aromatic heterocycles. The van der Waals surface area contributed by atoms with Gasteiger partial charge < -0.3 is 44.5 Å². The molecule has 0 aliphatic rings. The van der Waals surface area contributed by atoms with Crippen LogP contribution in [0.1, 0.15) is 114 Å². The zero-order valence-electron chi connectivity index (χ0n) is 40.5. The quantitative estimate of drug-likeness (QED) is 0.0274. The Morgan fingerprint density at radius 3 is 0.885 bits per heavy atom. The molecule has 6 heterocycles. The van der Waals surface area contributed by atoms with Crippen molar-refractivity contribution in [3.05, 3.63) is 90.2 Å². The Labute approximate surface area is 518 Å². The number of esters is 3. The Morgan fingerprint density at radius 1 is 0.474 bits per heavy atom. The number of hydrogen-bond acceptors (Lipinski definition) is 21. The molecule has 0 unspecified atom stereocenters. The summed E-state index contributed by atoms with van der Waals surface area (Å²) in [5.74, 6) is -3.94. The molecule has 9 aromatic rings. The van der Waals surface area contributed by atoms with Gasteiger partial charge >= 0.3 is 70.7 Å². The van der Waals surface area contributed by atoms with E-state index in [1.165, 1.54) is 59.3 Å². The molecule has 0 atom stereocenters. The number of carbonyl (C=O) groups excluding carboxylic acids is 6. The maximum atomic E-state index is 12.3. The van der Waals surface area contributed by atoms with Crippen molar-refractivity contribution in [3.8, 4) is 5.75 Å². The van der Waals surface area contributed by atoms with Crippen molar-refractivity contribution in [2.75, 3.05) is 33.5 Å². The molecule has 3 aromatic carbocycles. The standard InChI is InChI=1S/C21H18O6S3.C15H6O6S3.C9H5Br3O3.C3H6O2S.CH4.Na.H2O/c1-4-25-19(22)13-7-10-16(28-13)11-8-14(20(23)26-5-2)30-18(11)12-9-15(29-17(10)12)21(24)27-6-3;16-13(17)7-1-4-10(22-7)5-2-9(15(20)21)24-12(5)6-3-8(14(18)19)23-11(4)6;1-15-9-7(11)4(2-13)6(10)5(3-14)8(9)12;1-2-5-3(4)6;;;/h7-9H,4-6H2,1-3H3;1-3H,(H,16,17)(H,18,19)(H,20,21);2-3H,1H3;2H2,1H3,(H,4,6);1H4;;1H2/q;;;;;+1;/p-1. The van der Waals surface area contributed by atoms with Crippen LogP contribution < -0.4 is 34.3 Å². The summed E-state index contributed by atoms with van der Waals surface area (Å²) in [7, 11) is 1.46. The molecule has 4 N–H and O–H groups in total. The summed E-state index contributed by atoms with van der Waals surface area (Å²) in [5, 5.41) is 31.7. The number of rotatable bonds is 13. The smallest absolute Gasteiger partial charge is 0.870 e.